The second-order valence-electron chi connectivity index (χ2n) is 4.33. The van der Waals surface area contributed by atoms with Gasteiger partial charge in [0.25, 0.3) is 0 Å². The van der Waals surface area contributed by atoms with Gasteiger partial charge in [0.15, 0.2) is 0 Å². The van der Waals surface area contributed by atoms with Crippen molar-refractivity contribution < 1.29 is 9.90 Å². The van der Waals surface area contributed by atoms with E-state index in [2.05, 4.69) is 0 Å². The average Bonchev–Trinajstić information content (AvgIpc) is 2.88. The maximum absolute atomic E-state index is 12.2. The van der Waals surface area contributed by atoms with Crippen LogP contribution in [-0.4, -0.2) is 22.5 Å². The lowest BCUT2D eigenvalue weighted by Gasteiger charge is -2.20. The highest BCUT2D eigenvalue weighted by Crippen LogP contribution is 2.15. The van der Waals surface area contributed by atoms with Gasteiger partial charge in [0.05, 0.1) is 13.0 Å². The highest BCUT2D eigenvalue weighted by Gasteiger charge is 2.13. The summed E-state index contributed by atoms with van der Waals surface area (Å²) in [5.41, 5.74) is 0.842. The minimum Gasteiger partial charge on any atom is -0.508 e. The molecule has 0 fully saturated rings. The largest absolute Gasteiger partial charge is 0.508 e. The van der Waals surface area contributed by atoms with Crippen molar-refractivity contribution in [1.29, 1.82) is 0 Å². The van der Waals surface area contributed by atoms with Crippen LogP contribution in [0.25, 0.3) is 0 Å². The molecule has 1 amide bonds. The number of benzene rings is 1. The first-order valence-electron chi connectivity index (χ1n) is 6.27. The van der Waals surface area contributed by atoms with Crippen molar-refractivity contribution in [3.8, 4) is 5.75 Å². The number of phenols is 1. The summed E-state index contributed by atoms with van der Waals surface area (Å²) in [6.07, 6.45) is 0.327. The third-order valence-corrected chi connectivity index (χ3v) is 3.79. The maximum atomic E-state index is 12.2. The molecule has 4 heteroatoms. The Morgan fingerprint density at radius 2 is 2.16 bits per heavy atom. The van der Waals surface area contributed by atoms with Crippen LogP contribution in [0.1, 0.15) is 17.4 Å². The fraction of sp³-hybridized carbons (Fsp3) is 0.267. The normalized spacial score (nSPS) is 10.4. The number of aromatic hydroxyl groups is 1. The Morgan fingerprint density at radius 3 is 2.79 bits per heavy atom. The van der Waals surface area contributed by atoms with Crippen LogP contribution in [0.5, 0.6) is 5.75 Å². The number of phenolic OH excluding ortho intramolecular Hbond substituents is 1. The van der Waals surface area contributed by atoms with Crippen LogP contribution in [0.15, 0.2) is 41.8 Å². The molecule has 1 N–H and O–H groups in total. The fourth-order valence-corrected chi connectivity index (χ4v) is 2.64. The molecular formula is C15H17NO2S. The number of thiophene rings is 1. The SMILES string of the molecule is CCN(Cc1cccs1)C(=O)Cc1cccc(O)c1. The molecule has 2 aromatic rings. The van der Waals surface area contributed by atoms with Crippen LogP contribution in [0.3, 0.4) is 0 Å². The van der Waals surface area contributed by atoms with Gasteiger partial charge in [-0.25, -0.2) is 0 Å². The molecule has 0 radical (unpaired) electrons. The molecular weight excluding hydrogens is 258 g/mol. The molecule has 1 aromatic carbocycles. The van der Waals surface area contributed by atoms with E-state index in [4.69, 9.17) is 0 Å². The number of carbonyl (C=O) groups is 1. The molecule has 3 nitrogen and oxygen atoms in total. The van der Waals surface area contributed by atoms with E-state index in [0.29, 0.717) is 19.5 Å². The van der Waals surface area contributed by atoms with E-state index in [9.17, 15) is 9.90 Å². The topological polar surface area (TPSA) is 40.5 Å². The van der Waals surface area contributed by atoms with E-state index in [0.717, 1.165) is 5.56 Å². The summed E-state index contributed by atoms with van der Waals surface area (Å²) in [4.78, 5) is 15.2. The Bertz CT molecular complexity index is 537. The number of rotatable bonds is 5. The molecule has 100 valence electrons. The van der Waals surface area contributed by atoms with E-state index < -0.39 is 0 Å². The fourth-order valence-electron chi connectivity index (χ4n) is 1.92. The van der Waals surface area contributed by atoms with E-state index in [1.165, 1.54) is 4.88 Å². The number of hydrogen-bond acceptors (Lipinski definition) is 3. The van der Waals surface area contributed by atoms with Crippen LogP contribution < -0.4 is 0 Å². The Labute approximate surface area is 117 Å². The summed E-state index contributed by atoms with van der Waals surface area (Å²) >= 11 is 1.66. The number of likely N-dealkylation sites (N-methyl/N-ethyl adjacent to an activating group) is 1. The van der Waals surface area contributed by atoms with Gasteiger partial charge < -0.3 is 10.0 Å². The zero-order valence-corrected chi connectivity index (χ0v) is 11.7. The molecule has 0 saturated carbocycles. The summed E-state index contributed by atoms with van der Waals surface area (Å²) in [5.74, 6) is 0.285. The first-order valence-corrected chi connectivity index (χ1v) is 7.15. The predicted molar refractivity (Wildman–Crippen MR) is 77.2 cm³/mol. The van der Waals surface area contributed by atoms with E-state index in [1.54, 1.807) is 29.5 Å². The van der Waals surface area contributed by atoms with Gasteiger partial charge in [-0.3, -0.25) is 4.79 Å². The van der Waals surface area contributed by atoms with Crippen molar-refractivity contribution >= 4 is 17.2 Å². The second-order valence-corrected chi connectivity index (χ2v) is 5.37. The van der Waals surface area contributed by atoms with Crippen molar-refractivity contribution in [3.63, 3.8) is 0 Å². The van der Waals surface area contributed by atoms with E-state index in [1.807, 2.05) is 35.4 Å². The summed E-state index contributed by atoms with van der Waals surface area (Å²) in [6, 6.07) is 10.9. The number of nitrogens with zero attached hydrogens (tertiary/aromatic N) is 1. The highest BCUT2D eigenvalue weighted by molar-refractivity contribution is 7.09. The van der Waals surface area contributed by atoms with E-state index >= 15 is 0 Å². The summed E-state index contributed by atoms with van der Waals surface area (Å²) in [7, 11) is 0. The molecule has 0 atom stereocenters. The van der Waals surface area contributed by atoms with Crippen molar-refractivity contribution in [2.45, 2.75) is 19.9 Å². The first-order chi connectivity index (χ1) is 9.19. The van der Waals surface area contributed by atoms with Gasteiger partial charge in [0.2, 0.25) is 5.91 Å². The van der Waals surface area contributed by atoms with Crippen LogP contribution in [-0.2, 0) is 17.8 Å². The number of hydrogen-bond donors (Lipinski definition) is 1. The Balaban J connectivity index is 2.00. The molecule has 0 unspecified atom stereocenters. The average molecular weight is 275 g/mol. The molecule has 1 heterocycles. The van der Waals surface area contributed by atoms with Gasteiger partial charge in [0.1, 0.15) is 5.75 Å². The molecule has 0 aliphatic rings. The lowest BCUT2D eigenvalue weighted by Crippen LogP contribution is -2.31. The van der Waals surface area contributed by atoms with Crippen molar-refractivity contribution in [3.05, 3.63) is 52.2 Å². The first kappa shape index (κ1) is 13.6. The van der Waals surface area contributed by atoms with Gasteiger partial charge in [-0.05, 0) is 36.1 Å². The van der Waals surface area contributed by atoms with Crippen LogP contribution in [0.4, 0.5) is 0 Å². The molecule has 0 aliphatic carbocycles. The van der Waals surface area contributed by atoms with Crippen LogP contribution >= 0.6 is 11.3 Å². The lowest BCUT2D eigenvalue weighted by atomic mass is 10.1. The third kappa shape index (κ3) is 3.83. The minimum absolute atomic E-state index is 0.0847. The molecule has 0 spiro atoms. The summed E-state index contributed by atoms with van der Waals surface area (Å²) < 4.78 is 0. The van der Waals surface area contributed by atoms with Crippen molar-refractivity contribution in [2.75, 3.05) is 6.54 Å². The molecule has 1 aromatic heterocycles. The molecule has 2 rings (SSSR count). The molecule has 19 heavy (non-hydrogen) atoms. The highest BCUT2D eigenvalue weighted by atomic mass is 32.1. The van der Waals surface area contributed by atoms with Gasteiger partial charge in [0, 0.05) is 11.4 Å². The predicted octanol–water partition coefficient (Wildman–Crippen LogP) is 3.04. The van der Waals surface area contributed by atoms with Crippen LogP contribution in [0.2, 0.25) is 0 Å². The summed E-state index contributed by atoms with van der Waals surface area (Å²) in [6.45, 7) is 3.33. The molecule has 0 saturated heterocycles. The second kappa shape index (κ2) is 6.38. The number of amides is 1. The quantitative estimate of drug-likeness (QED) is 0.911. The Morgan fingerprint density at radius 1 is 1.32 bits per heavy atom. The van der Waals surface area contributed by atoms with Crippen LogP contribution in [0, 0.1) is 0 Å². The standard InChI is InChI=1S/C15H17NO2S/c1-2-16(11-14-7-4-8-19-14)15(18)10-12-5-3-6-13(17)9-12/h3-9,17H,2,10-11H2,1H3. The maximum Gasteiger partial charge on any atom is 0.227 e. The summed E-state index contributed by atoms with van der Waals surface area (Å²) in [5, 5.41) is 11.4. The molecule has 0 bridgehead atoms. The Kier molecular flexibility index (Phi) is 4.58. The minimum atomic E-state index is 0.0847. The Hall–Kier alpha value is -1.81. The molecule has 0 aliphatic heterocycles. The lowest BCUT2D eigenvalue weighted by molar-refractivity contribution is -0.130. The smallest absolute Gasteiger partial charge is 0.227 e. The van der Waals surface area contributed by atoms with Gasteiger partial charge in [-0.2, -0.15) is 0 Å². The number of carbonyl (C=O) groups excluding carboxylic acids is 1. The zero-order chi connectivity index (χ0) is 13.7. The third-order valence-electron chi connectivity index (χ3n) is 2.93. The monoisotopic (exact) mass is 275 g/mol. The van der Waals surface area contributed by atoms with E-state index in [-0.39, 0.29) is 11.7 Å². The van der Waals surface area contributed by atoms with Gasteiger partial charge >= 0.3 is 0 Å². The van der Waals surface area contributed by atoms with Gasteiger partial charge in [-0.1, -0.05) is 18.2 Å². The zero-order valence-electron chi connectivity index (χ0n) is 10.9. The van der Waals surface area contributed by atoms with Gasteiger partial charge in [-0.15, -0.1) is 11.3 Å². The van der Waals surface area contributed by atoms with Crippen molar-refractivity contribution in [2.24, 2.45) is 0 Å². The van der Waals surface area contributed by atoms with Crippen molar-refractivity contribution in [1.82, 2.24) is 4.90 Å².